The second-order valence-electron chi connectivity index (χ2n) is 3.54. The fourth-order valence-corrected chi connectivity index (χ4v) is 3.78. The van der Waals surface area contributed by atoms with Crippen molar-refractivity contribution in [2.24, 2.45) is 5.84 Å². The number of nitrogens with two attached hydrogens (primary N) is 1. The minimum Gasteiger partial charge on any atom is -0.308 e. The molecular formula is C10H11BrN4O2S2. The standard InChI is InChI=1S/C10H11BrN4O2S2/c11-8-3-4-18-9(8)6-14-19(16,17)7-1-2-10(15-12)13-5-7/h1-5,14H,6,12H2,(H,13,15). The summed E-state index contributed by atoms with van der Waals surface area (Å²) in [5, 5.41) is 1.89. The highest BCUT2D eigenvalue weighted by Gasteiger charge is 2.15. The molecule has 0 aliphatic carbocycles. The van der Waals surface area contributed by atoms with E-state index >= 15 is 0 Å². The normalized spacial score (nSPS) is 11.5. The van der Waals surface area contributed by atoms with Crippen LogP contribution < -0.4 is 16.0 Å². The summed E-state index contributed by atoms with van der Waals surface area (Å²) in [6.45, 7) is 0.234. The van der Waals surface area contributed by atoms with Gasteiger partial charge in [-0.15, -0.1) is 11.3 Å². The molecule has 0 spiro atoms. The molecule has 0 saturated heterocycles. The van der Waals surface area contributed by atoms with Gasteiger partial charge in [0.2, 0.25) is 10.0 Å². The number of halogens is 1. The Bertz CT molecular complexity index is 654. The van der Waals surface area contributed by atoms with E-state index in [0.717, 1.165) is 9.35 Å². The van der Waals surface area contributed by atoms with Crippen LogP contribution in [0.5, 0.6) is 0 Å². The Balaban J connectivity index is 2.11. The number of hydrogen-bond donors (Lipinski definition) is 3. The van der Waals surface area contributed by atoms with E-state index in [2.05, 4.69) is 31.1 Å². The molecule has 19 heavy (non-hydrogen) atoms. The average Bonchev–Trinajstić information content (AvgIpc) is 2.82. The molecule has 4 N–H and O–H groups in total. The predicted molar refractivity (Wildman–Crippen MR) is 78.1 cm³/mol. The molecule has 0 aliphatic heterocycles. The summed E-state index contributed by atoms with van der Waals surface area (Å²) in [5.74, 6) is 5.57. The lowest BCUT2D eigenvalue weighted by atomic mass is 10.5. The quantitative estimate of drug-likeness (QED) is 0.555. The largest absolute Gasteiger partial charge is 0.308 e. The molecule has 2 aromatic heterocycles. The first-order valence-corrected chi connectivity index (χ1v) is 8.33. The third-order valence-electron chi connectivity index (χ3n) is 2.31. The van der Waals surface area contributed by atoms with Crippen molar-refractivity contribution >= 4 is 43.1 Å². The van der Waals surface area contributed by atoms with Crippen LogP contribution in [0.3, 0.4) is 0 Å². The van der Waals surface area contributed by atoms with Crippen LogP contribution in [-0.2, 0) is 16.6 Å². The van der Waals surface area contributed by atoms with Crippen molar-refractivity contribution < 1.29 is 8.42 Å². The average molecular weight is 363 g/mol. The molecule has 9 heteroatoms. The van der Waals surface area contributed by atoms with Crippen LogP contribution in [0.1, 0.15) is 4.88 Å². The summed E-state index contributed by atoms with van der Waals surface area (Å²) in [7, 11) is -3.57. The Morgan fingerprint density at radius 3 is 2.68 bits per heavy atom. The van der Waals surface area contributed by atoms with E-state index < -0.39 is 10.0 Å². The van der Waals surface area contributed by atoms with Gasteiger partial charge in [-0.1, -0.05) is 0 Å². The number of nitrogens with zero attached hydrogens (tertiary/aromatic N) is 1. The lowest BCUT2D eigenvalue weighted by Crippen LogP contribution is -2.23. The number of nitrogen functional groups attached to an aromatic ring is 1. The molecule has 102 valence electrons. The number of rotatable bonds is 5. The van der Waals surface area contributed by atoms with E-state index in [-0.39, 0.29) is 11.4 Å². The zero-order chi connectivity index (χ0) is 13.9. The third-order valence-corrected chi connectivity index (χ3v) is 5.62. The van der Waals surface area contributed by atoms with E-state index in [0.29, 0.717) is 5.82 Å². The molecule has 0 unspecified atom stereocenters. The maximum absolute atomic E-state index is 12.0. The Morgan fingerprint density at radius 1 is 1.37 bits per heavy atom. The van der Waals surface area contributed by atoms with Crippen LogP contribution in [0, 0.1) is 0 Å². The number of sulfonamides is 1. The summed E-state index contributed by atoms with van der Waals surface area (Å²) in [6, 6.07) is 4.81. The van der Waals surface area contributed by atoms with Gasteiger partial charge in [0, 0.05) is 22.1 Å². The summed E-state index contributed by atoms with van der Waals surface area (Å²) in [6.07, 6.45) is 1.25. The maximum Gasteiger partial charge on any atom is 0.242 e. The Labute approximate surface area is 123 Å². The molecule has 0 fully saturated rings. The van der Waals surface area contributed by atoms with Gasteiger partial charge in [-0.2, -0.15) is 0 Å². The second-order valence-corrected chi connectivity index (χ2v) is 7.16. The van der Waals surface area contributed by atoms with Crippen LogP contribution >= 0.6 is 27.3 Å². The number of pyridine rings is 1. The van der Waals surface area contributed by atoms with Gasteiger partial charge < -0.3 is 5.43 Å². The van der Waals surface area contributed by atoms with Gasteiger partial charge in [0.15, 0.2) is 0 Å². The van der Waals surface area contributed by atoms with E-state index in [9.17, 15) is 8.42 Å². The smallest absolute Gasteiger partial charge is 0.242 e. The first-order chi connectivity index (χ1) is 9.03. The van der Waals surface area contributed by atoms with Crippen molar-refractivity contribution in [2.75, 3.05) is 5.43 Å². The molecule has 0 amide bonds. The fourth-order valence-electron chi connectivity index (χ4n) is 1.32. The molecule has 0 aliphatic rings. The molecular weight excluding hydrogens is 352 g/mol. The van der Waals surface area contributed by atoms with Gasteiger partial charge in [-0.05, 0) is 39.5 Å². The second kappa shape index (κ2) is 5.97. The van der Waals surface area contributed by atoms with Crippen molar-refractivity contribution in [3.8, 4) is 0 Å². The van der Waals surface area contributed by atoms with Gasteiger partial charge >= 0.3 is 0 Å². The highest BCUT2D eigenvalue weighted by molar-refractivity contribution is 9.10. The van der Waals surface area contributed by atoms with Crippen molar-refractivity contribution in [1.29, 1.82) is 0 Å². The van der Waals surface area contributed by atoms with Gasteiger partial charge in [-0.3, -0.25) is 0 Å². The molecule has 6 nitrogen and oxygen atoms in total. The van der Waals surface area contributed by atoms with Crippen molar-refractivity contribution in [2.45, 2.75) is 11.4 Å². The summed E-state index contributed by atoms with van der Waals surface area (Å²) in [4.78, 5) is 4.87. The SMILES string of the molecule is NNc1ccc(S(=O)(=O)NCc2sccc2Br)cn1. The van der Waals surface area contributed by atoms with Crippen LogP contribution in [0.2, 0.25) is 0 Å². The molecule has 0 radical (unpaired) electrons. The molecule has 2 heterocycles. The zero-order valence-corrected chi connectivity index (χ0v) is 12.8. The van der Waals surface area contributed by atoms with Gasteiger partial charge in [-0.25, -0.2) is 24.0 Å². The van der Waals surface area contributed by atoms with Gasteiger partial charge in [0.05, 0.1) is 0 Å². The minimum atomic E-state index is -3.57. The van der Waals surface area contributed by atoms with Gasteiger partial charge in [0.25, 0.3) is 0 Å². The Kier molecular flexibility index (Phi) is 4.53. The number of anilines is 1. The molecule has 0 aromatic carbocycles. The number of thiophene rings is 1. The molecule has 0 bridgehead atoms. The maximum atomic E-state index is 12.0. The molecule has 0 atom stereocenters. The van der Waals surface area contributed by atoms with Crippen LogP contribution in [-0.4, -0.2) is 13.4 Å². The first kappa shape index (κ1) is 14.4. The third kappa shape index (κ3) is 3.51. The zero-order valence-electron chi connectivity index (χ0n) is 9.63. The van der Waals surface area contributed by atoms with Crippen molar-refractivity contribution in [3.05, 3.63) is 39.1 Å². The topological polar surface area (TPSA) is 97.1 Å². The van der Waals surface area contributed by atoms with E-state index in [1.54, 1.807) is 0 Å². The summed E-state index contributed by atoms with van der Waals surface area (Å²) >= 11 is 4.83. The highest BCUT2D eigenvalue weighted by Crippen LogP contribution is 2.22. The number of nitrogens with one attached hydrogen (secondary N) is 2. The van der Waals surface area contributed by atoms with E-state index in [1.165, 1.54) is 29.7 Å². The summed E-state index contributed by atoms with van der Waals surface area (Å²) < 4.78 is 27.5. The first-order valence-electron chi connectivity index (χ1n) is 5.17. The van der Waals surface area contributed by atoms with E-state index in [4.69, 9.17) is 5.84 Å². The summed E-state index contributed by atoms with van der Waals surface area (Å²) in [5.41, 5.74) is 2.34. The van der Waals surface area contributed by atoms with Crippen molar-refractivity contribution in [3.63, 3.8) is 0 Å². The molecule has 0 saturated carbocycles. The minimum absolute atomic E-state index is 0.0965. The van der Waals surface area contributed by atoms with E-state index in [1.807, 2.05) is 11.4 Å². The molecule has 2 rings (SSSR count). The lowest BCUT2D eigenvalue weighted by molar-refractivity contribution is 0.581. The van der Waals surface area contributed by atoms with Crippen LogP contribution in [0.15, 0.2) is 39.1 Å². The Hall–Kier alpha value is -1.00. The highest BCUT2D eigenvalue weighted by atomic mass is 79.9. The predicted octanol–water partition coefficient (Wildman–Crippen LogP) is 1.67. The number of aromatic nitrogens is 1. The lowest BCUT2D eigenvalue weighted by Gasteiger charge is -2.06. The Morgan fingerprint density at radius 2 is 2.16 bits per heavy atom. The fraction of sp³-hybridized carbons (Fsp3) is 0.100. The van der Waals surface area contributed by atoms with Gasteiger partial charge in [0.1, 0.15) is 10.7 Å². The molecule has 2 aromatic rings. The monoisotopic (exact) mass is 362 g/mol. The van der Waals surface area contributed by atoms with Crippen LogP contribution in [0.4, 0.5) is 5.82 Å². The van der Waals surface area contributed by atoms with Crippen LogP contribution in [0.25, 0.3) is 0 Å². The number of hydrogen-bond acceptors (Lipinski definition) is 6. The van der Waals surface area contributed by atoms with Crippen molar-refractivity contribution in [1.82, 2.24) is 9.71 Å². The number of hydrazine groups is 1.